The molecule has 0 aliphatic heterocycles. The Balaban J connectivity index is 2.26. The van der Waals surface area contributed by atoms with Crippen LogP contribution in [0.2, 0.25) is 0 Å². The number of carbonyl (C=O) groups is 2. The maximum atomic E-state index is 12.4. The fraction of sp³-hybridized carbons (Fsp3) is 0.312. The predicted octanol–water partition coefficient (Wildman–Crippen LogP) is 1.86. The van der Waals surface area contributed by atoms with Crippen molar-refractivity contribution in [3.63, 3.8) is 0 Å². The van der Waals surface area contributed by atoms with Gasteiger partial charge in [0.15, 0.2) is 0 Å². The lowest BCUT2D eigenvalue weighted by Gasteiger charge is -2.22. The van der Waals surface area contributed by atoms with Gasteiger partial charge in [0.2, 0.25) is 0 Å². The van der Waals surface area contributed by atoms with E-state index >= 15 is 0 Å². The molecule has 2 rings (SSSR count). The average Bonchev–Trinajstić information content (AvgIpc) is 2.88. The highest BCUT2D eigenvalue weighted by Crippen LogP contribution is 2.15. The van der Waals surface area contributed by atoms with Gasteiger partial charge in [0.25, 0.3) is 5.91 Å². The van der Waals surface area contributed by atoms with Crippen molar-refractivity contribution in [2.45, 2.75) is 26.3 Å². The maximum absolute atomic E-state index is 12.4. The molecule has 1 amide bonds. The Kier molecular flexibility index (Phi) is 4.30. The number of carbonyl (C=O) groups excluding carboxylic acids is 2. The molecule has 6 nitrogen and oxygen atoms in total. The van der Waals surface area contributed by atoms with E-state index in [2.05, 4.69) is 15.2 Å². The molecular weight excluding hydrogens is 282 g/mol. The standard InChI is InChI=1S/C16H19N3O3/c1-11-13(14(20)18-16(2,3)15(21)22-4)10-17-19(11)12-8-6-5-7-9-12/h5-10H,1-4H3,(H,18,20). The fourth-order valence-corrected chi connectivity index (χ4v) is 2.12. The van der Waals surface area contributed by atoms with E-state index in [-0.39, 0.29) is 5.91 Å². The number of esters is 1. The first kappa shape index (κ1) is 15.8. The number of rotatable bonds is 4. The first-order valence-electron chi connectivity index (χ1n) is 6.88. The third kappa shape index (κ3) is 3.00. The van der Waals surface area contributed by atoms with E-state index in [0.29, 0.717) is 11.3 Å². The fourth-order valence-electron chi connectivity index (χ4n) is 2.12. The average molecular weight is 301 g/mol. The van der Waals surface area contributed by atoms with Gasteiger partial charge in [0, 0.05) is 0 Å². The summed E-state index contributed by atoms with van der Waals surface area (Å²) in [6, 6.07) is 9.52. The van der Waals surface area contributed by atoms with E-state index < -0.39 is 11.5 Å². The van der Waals surface area contributed by atoms with Crippen LogP contribution < -0.4 is 5.32 Å². The summed E-state index contributed by atoms with van der Waals surface area (Å²) >= 11 is 0. The molecule has 0 saturated heterocycles. The van der Waals surface area contributed by atoms with Crippen molar-refractivity contribution in [1.29, 1.82) is 0 Å². The van der Waals surface area contributed by atoms with E-state index in [1.54, 1.807) is 25.5 Å². The molecule has 1 aromatic heterocycles. The zero-order valence-corrected chi connectivity index (χ0v) is 13.1. The molecule has 0 radical (unpaired) electrons. The van der Waals surface area contributed by atoms with Crippen LogP contribution in [0.1, 0.15) is 29.9 Å². The number of methoxy groups -OCH3 is 1. The van der Waals surface area contributed by atoms with Crippen LogP contribution in [0.3, 0.4) is 0 Å². The number of ether oxygens (including phenoxy) is 1. The maximum Gasteiger partial charge on any atom is 0.330 e. The van der Waals surface area contributed by atoms with Crippen molar-refractivity contribution in [2.24, 2.45) is 0 Å². The molecule has 1 N–H and O–H groups in total. The second kappa shape index (κ2) is 6.01. The van der Waals surface area contributed by atoms with Crippen LogP contribution in [0.5, 0.6) is 0 Å². The number of hydrogen-bond donors (Lipinski definition) is 1. The number of aromatic nitrogens is 2. The van der Waals surface area contributed by atoms with Crippen molar-refractivity contribution in [2.75, 3.05) is 7.11 Å². The van der Waals surface area contributed by atoms with Crippen LogP contribution in [-0.4, -0.2) is 34.3 Å². The summed E-state index contributed by atoms with van der Waals surface area (Å²) in [7, 11) is 1.29. The van der Waals surface area contributed by atoms with Crippen LogP contribution in [0.4, 0.5) is 0 Å². The molecule has 116 valence electrons. The summed E-state index contributed by atoms with van der Waals surface area (Å²) in [5.41, 5.74) is 0.879. The second-order valence-electron chi connectivity index (χ2n) is 5.46. The zero-order valence-electron chi connectivity index (χ0n) is 13.1. The Morgan fingerprint density at radius 1 is 1.23 bits per heavy atom. The lowest BCUT2D eigenvalue weighted by atomic mass is 10.1. The molecule has 0 atom stereocenters. The predicted molar refractivity (Wildman–Crippen MR) is 81.9 cm³/mol. The summed E-state index contributed by atoms with van der Waals surface area (Å²) in [4.78, 5) is 24.0. The third-order valence-corrected chi connectivity index (χ3v) is 3.38. The van der Waals surface area contributed by atoms with Gasteiger partial charge < -0.3 is 10.1 Å². The lowest BCUT2D eigenvalue weighted by molar-refractivity contribution is -0.146. The van der Waals surface area contributed by atoms with Gasteiger partial charge in [0.1, 0.15) is 5.54 Å². The first-order valence-corrected chi connectivity index (χ1v) is 6.88. The smallest absolute Gasteiger partial charge is 0.330 e. The van der Waals surface area contributed by atoms with E-state index in [1.165, 1.54) is 13.3 Å². The summed E-state index contributed by atoms with van der Waals surface area (Å²) in [6.45, 7) is 4.99. The number of hydrogen-bond acceptors (Lipinski definition) is 4. The minimum absolute atomic E-state index is 0.366. The highest BCUT2D eigenvalue weighted by molar-refractivity contribution is 5.98. The van der Waals surface area contributed by atoms with Gasteiger partial charge in [-0.2, -0.15) is 5.10 Å². The molecule has 1 aromatic carbocycles. The highest BCUT2D eigenvalue weighted by atomic mass is 16.5. The molecule has 2 aromatic rings. The molecule has 0 saturated carbocycles. The Labute approximate surface area is 129 Å². The minimum atomic E-state index is -1.10. The van der Waals surface area contributed by atoms with Gasteiger partial charge in [-0.25, -0.2) is 9.48 Å². The van der Waals surface area contributed by atoms with Gasteiger partial charge in [-0.15, -0.1) is 0 Å². The van der Waals surface area contributed by atoms with Gasteiger partial charge in [-0.05, 0) is 32.9 Å². The molecule has 0 fully saturated rings. The Morgan fingerprint density at radius 2 is 1.86 bits per heavy atom. The number of amides is 1. The number of nitrogens with zero attached hydrogens (tertiary/aromatic N) is 2. The van der Waals surface area contributed by atoms with E-state index in [4.69, 9.17) is 0 Å². The molecule has 0 aliphatic carbocycles. The van der Waals surface area contributed by atoms with Crippen LogP contribution >= 0.6 is 0 Å². The van der Waals surface area contributed by atoms with E-state index in [0.717, 1.165) is 5.69 Å². The van der Waals surface area contributed by atoms with Crippen LogP contribution in [0, 0.1) is 6.92 Å². The summed E-state index contributed by atoms with van der Waals surface area (Å²) in [5.74, 6) is -0.871. The topological polar surface area (TPSA) is 73.2 Å². The van der Waals surface area contributed by atoms with Crippen molar-refractivity contribution in [1.82, 2.24) is 15.1 Å². The zero-order chi connectivity index (χ0) is 16.3. The number of nitrogens with one attached hydrogen (secondary N) is 1. The SMILES string of the molecule is COC(=O)C(C)(C)NC(=O)c1cnn(-c2ccccc2)c1C. The lowest BCUT2D eigenvalue weighted by Crippen LogP contribution is -2.50. The Morgan fingerprint density at radius 3 is 2.45 bits per heavy atom. The van der Waals surface area contributed by atoms with E-state index in [1.807, 2.05) is 30.3 Å². The van der Waals surface area contributed by atoms with Crippen LogP contribution in [0.25, 0.3) is 5.69 Å². The molecule has 6 heteroatoms. The monoisotopic (exact) mass is 301 g/mol. The molecule has 0 spiro atoms. The minimum Gasteiger partial charge on any atom is -0.467 e. The van der Waals surface area contributed by atoms with Gasteiger partial charge in [-0.1, -0.05) is 18.2 Å². The largest absolute Gasteiger partial charge is 0.467 e. The van der Waals surface area contributed by atoms with Crippen molar-refractivity contribution < 1.29 is 14.3 Å². The molecule has 1 heterocycles. The summed E-state index contributed by atoms with van der Waals surface area (Å²) in [5, 5.41) is 6.90. The van der Waals surface area contributed by atoms with Crippen molar-refractivity contribution in [3.8, 4) is 5.69 Å². The third-order valence-electron chi connectivity index (χ3n) is 3.38. The molecule has 0 unspecified atom stereocenters. The molecule has 0 bridgehead atoms. The quantitative estimate of drug-likeness (QED) is 0.875. The number of para-hydroxylation sites is 1. The van der Waals surface area contributed by atoms with Crippen molar-refractivity contribution >= 4 is 11.9 Å². The molecule has 0 aliphatic rings. The normalized spacial score (nSPS) is 11.1. The molecular formula is C16H19N3O3. The van der Waals surface area contributed by atoms with Gasteiger partial charge in [-0.3, -0.25) is 4.79 Å². The molecule has 22 heavy (non-hydrogen) atoms. The second-order valence-corrected chi connectivity index (χ2v) is 5.46. The number of benzene rings is 1. The van der Waals surface area contributed by atoms with Gasteiger partial charge >= 0.3 is 5.97 Å². The van der Waals surface area contributed by atoms with E-state index in [9.17, 15) is 9.59 Å². The summed E-state index contributed by atoms with van der Waals surface area (Å²) in [6.07, 6.45) is 1.49. The Hall–Kier alpha value is -2.63. The van der Waals surface area contributed by atoms with Gasteiger partial charge in [0.05, 0.1) is 30.3 Å². The van der Waals surface area contributed by atoms with Crippen molar-refractivity contribution in [3.05, 3.63) is 47.8 Å². The first-order chi connectivity index (χ1) is 10.4. The van der Waals surface area contributed by atoms with Crippen LogP contribution in [-0.2, 0) is 9.53 Å². The van der Waals surface area contributed by atoms with Crippen LogP contribution in [0.15, 0.2) is 36.5 Å². The Bertz CT molecular complexity index is 690. The highest BCUT2D eigenvalue weighted by Gasteiger charge is 2.31. The summed E-state index contributed by atoms with van der Waals surface area (Å²) < 4.78 is 6.36.